The highest BCUT2D eigenvalue weighted by atomic mass is 16.5. The fourth-order valence-corrected chi connectivity index (χ4v) is 1.71. The van der Waals surface area contributed by atoms with E-state index < -0.39 is 0 Å². The standard InChI is InChI=1S/C11H18N4O2/c1-12-9-8(17-2)10(15-7-14-9)13-5-11(6-16)3-4-11/h7,16H,3-6H2,1-2H3,(H2,12,13,14,15). The van der Waals surface area contributed by atoms with Crippen LogP contribution in [0.15, 0.2) is 6.33 Å². The lowest BCUT2D eigenvalue weighted by molar-refractivity contribution is 0.219. The van der Waals surface area contributed by atoms with Crippen LogP contribution in [0, 0.1) is 5.41 Å². The molecule has 0 spiro atoms. The van der Waals surface area contributed by atoms with E-state index in [2.05, 4.69) is 20.6 Å². The van der Waals surface area contributed by atoms with Gasteiger partial charge in [0.05, 0.1) is 13.7 Å². The van der Waals surface area contributed by atoms with Gasteiger partial charge in [-0.2, -0.15) is 0 Å². The van der Waals surface area contributed by atoms with Gasteiger partial charge in [0, 0.05) is 19.0 Å². The van der Waals surface area contributed by atoms with Crippen LogP contribution in [0.3, 0.4) is 0 Å². The van der Waals surface area contributed by atoms with Crippen molar-refractivity contribution in [2.24, 2.45) is 5.41 Å². The van der Waals surface area contributed by atoms with Gasteiger partial charge in [-0.1, -0.05) is 0 Å². The number of nitrogens with one attached hydrogen (secondary N) is 2. The Morgan fingerprint density at radius 3 is 2.65 bits per heavy atom. The summed E-state index contributed by atoms with van der Waals surface area (Å²) in [5.74, 6) is 1.91. The van der Waals surface area contributed by atoms with Crippen LogP contribution < -0.4 is 15.4 Å². The molecule has 0 unspecified atom stereocenters. The van der Waals surface area contributed by atoms with E-state index in [0.29, 0.717) is 23.9 Å². The van der Waals surface area contributed by atoms with Crippen molar-refractivity contribution < 1.29 is 9.84 Å². The molecule has 1 aliphatic carbocycles. The highest BCUT2D eigenvalue weighted by molar-refractivity contribution is 5.63. The Labute approximate surface area is 100 Å². The Morgan fingerprint density at radius 1 is 1.41 bits per heavy atom. The summed E-state index contributed by atoms with van der Waals surface area (Å²) in [6.45, 7) is 0.923. The molecule has 6 heteroatoms. The Bertz CT molecular complexity index is 393. The molecule has 17 heavy (non-hydrogen) atoms. The zero-order valence-electron chi connectivity index (χ0n) is 10.2. The number of anilines is 2. The number of hydrogen-bond donors (Lipinski definition) is 3. The second kappa shape index (κ2) is 4.75. The van der Waals surface area contributed by atoms with E-state index in [-0.39, 0.29) is 12.0 Å². The minimum atomic E-state index is 0.0375. The molecule has 0 atom stereocenters. The van der Waals surface area contributed by atoms with E-state index in [9.17, 15) is 5.11 Å². The van der Waals surface area contributed by atoms with Crippen molar-refractivity contribution in [2.45, 2.75) is 12.8 Å². The molecule has 2 rings (SSSR count). The van der Waals surface area contributed by atoms with E-state index in [0.717, 1.165) is 12.8 Å². The van der Waals surface area contributed by atoms with E-state index in [4.69, 9.17) is 4.74 Å². The van der Waals surface area contributed by atoms with Crippen molar-refractivity contribution in [1.29, 1.82) is 0 Å². The number of nitrogens with zero attached hydrogens (tertiary/aromatic N) is 2. The average Bonchev–Trinajstić information content (AvgIpc) is 3.16. The van der Waals surface area contributed by atoms with E-state index in [1.807, 2.05) is 0 Å². The first-order valence-corrected chi connectivity index (χ1v) is 5.66. The van der Waals surface area contributed by atoms with Crippen LogP contribution in [-0.4, -0.2) is 42.4 Å². The molecule has 94 valence electrons. The minimum Gasteiger partial charge on any atom is -0.490 e. The Kier molecular flexibility index (Phi) is 3.33. The third-order valence-electron chi connectivity index (χ3n) is 3.17. The summed E-state index contributed by atoms with van der Waals surface area (Å²) >= 11 is 0. The maximum Gasteiger partial charge on any atom is 0.204 e. The van der Waals surface area contributed by atoms with Gasteiger partial charge in [0.15, 0.2) is 11.6 Å². The molecule has 0 bridgehead atoms. The molecule has 0 radical (unpaired) electrons. The summed E-state index contributed by atoms with van der Waals surface area (Å²) < 4.78 is 5.27. The number of aliphatic hydroxyl groups excluding tert-OH is 1. The van der Waals surface area contributed by atoms with Crippen LogP contribution in [0.5, 0.6) is 5.75 Å². The maximum atomic E-state index is 9.25. The summed E-state index contributed by atoms with van der Waals surface area (Å²) in [7, 11) is 3.37. The van der Waals surface area contributed by atoms with Crippen LogP contribution in [-0.2, 0) is 0 Å². The molecule has 3 N–H and O–H groups in total. The predicted octanol–water partition coefficient (Wildman–Crippen LogP) is 0.711. The van der Waals surface area contributed by atoms with Crippen molar-refractivity contribution >= 4 is 11.6 Å². The van der Waals surface area contributed by atoms with E-state index >= 15 is 0 Å². The molecule has 0 saturated heterocycles. The first kappa shape index (κ1) is 11.9. The lowest BCUT2D eigenvalue weighted by Crippen LogP contribution is -2.20. The van der Waals surface area contributed by atoms with Crippen LogP contribution in [0.2, 0.25) is 0 Å². The molecular formula is C11H18N4O2. The van der Waals surface area contributed by atoms with Crippen molar-refractivity contribution in [3.63, 3.8) is 0 Å². The zero-order chi connectivity index (χ0) is 12.3. The van der Waals surface area contributed by atoms with Gasteiger partial charge in [0.1, 0.15) is 6.33 Å². The molecule has 1 saturated carbocycles. The molecule has 1 aromatic rings. The third kappa shape index (κ3) is 2.41. The normalized spacial score (nSPS) is 16.4. The Hall–Kier alpha value is -1.56. The largest absolute Gasteiger partial charge is 0.490 e. The van der Waals surface area contributed by atoms with Gasteiger partial charge < -0.3 is 20.5 Å². The van der Waals surface area contributed by atoms with Gasteiger partial charge in [-0.15, -0.1) is 0 Å². The molecule has 0 amide bonds. The molecule has 1 heterocycles. The monoisotopic (exact) mass is 238 g/mol. The number of hydrogen-bond acceptors (Lipinski definition) is 6. The maximum absolute atomic E-state index is 9.25. The van der Waals surface area contributed by atoms with Crippen molar-refractivity contribution in [1.82, 2.24) is 9.97 Å². The topological polar surface area (TPSA) is 79.3 Å². The highest BCUT2D eigenvalue weighted by Crippen LogP contribution is 2.45. The zero-order valence-corrected chi connectivity index (χ0v) is 10.2. The molecule has 1 aliphatic rings. The van der Waals surface area contributed by atoms with Crippen molar-refractivity contribution in [3.05, 3.63) is 6.33 Å². The lowest BCUT2D eigenvalue weighted by atomic mass is 10.1. The lowest BCUT2D eigenvalue weighted by Gasteiger charge is -2.16. The smallest absolute Gasteiger partial charge is 0.204 e. The van der Waals surface area contributed by atoms with Crippen LogP contribution in [0.1, 0.15) is 12.8 Å². The van der Waals surface area contributed by atoms with Crippen molar-refractivity contribution in [3.8, 4) is 5.75 Å². The summed E-state index contributed by atoms with van der Waals surface area (Å²) in [5.41, 5.74) is 0.0375. The summed E-state index contributed by atoms with van der Waals surface area (Å²) in [4.78, 5) is 8.23. The SMILES string of the molecule is CNc1ncnc(NCC2(CO)CC2)c1OC. The van der Waals surface area contributed by atoms with Crippen LogP contribution in [0.4, 0.5) is 11.6 Å². The predicted molar refractivity (Wildman–Crippen MR) is 65.4 cm³/mol. The molecule has 0 aliphatic heterocycles. The van der Waals surface area contributed by atoms with Crippen molar-refractivity contribution in [2.75, 3.05) is 37.9 Å². The Morgan fingerprint density at radius 2 is 2.12 bits per heavy atom. The van der Waals surface area contributed by atoms with E-state index in [1.54, 1.807) is 14.2 Å². The number of aliphatic hydroxyl groups is 1. The Balaban J connectivity index is 2.09. The van der Waals surface area contributed by atoms with Gasteiger partial charge in [-0.05, 0) is 12.8 Å². The fourth-order valence-electron chi connectivity index (χ4n) is 1.71. The highest BCUT2D eigenvalue weighted by Gasteiger charge is 2.41. The van der Waals surface area contributed by atoms with Gasteiger partial charge in [-0.25, -0.2) is 9.97 Å². The van der Waals surface area contributed by atoms with Gasteiger partial charge in [0.2, 0.25) is 5.75 Å². The number of aromatic nitrogens is 2. The molecule has 0 aromatic carbocycles. The number of methoxy groups -OCH3 is 1. The number of rotatable bonds is 6. The molecule has 6 nitrogen and oxygen atoms in total. The molecular weight excluding hydrogens is 220 g/mol. The van der Waals surface area contributed by atoms with Gasteiger partial charge in [0.25, 0.3) is 0 Å². The summed E-state index contributed by atoms with van der Waals surface area (Å²) in [6.07, 6.45) is 3.60. The quantitative estimate of drug-likeness (QED) is 0.677. The van der Waals surface area contributed by atoms with Gasteiger partial charge >= 0.3 is 0 Å². The van der Waals surface area contributed by atoms with E-state index in [1.165, 1.54) is 6.33 Å². The molecule has 1 aromatic heterocycles. The van der Waals surface area contributed by atoms with Gasteiger partial charge in [-0.3, -0.25) is 0 Å². The minimum absolute atomic E-state index is 0.0375. The average molecular weight is 238 g/mol. The second-order valence-corrected chi connectivity index (χ2v) is 4.37. The second-order valence-electron chi connectivity index (χ2n) is 4.37. The summed E-state index contributed by atoms with van der Waals surface area (Å²) in [5, 5.41) is 15.4. The third-order valence-corrected chi connectivity index (χ3v) is 3.17. The molecule has 1 fully saturated rings. The first-order valence-electron chi connectivity index (χ1n) is 5.66. The van der Waals surface area contributed by atoms with Crippen LogP contribution in [0.25, 0.3) is 0 Å². The van der Waals surface area contributed by atoms with Crippen LogP contribution >= 0.6 is 0 Å². The first-order chi connectivity index (χ1) is 8.24. The fraction of sp³-hybridized carbons (Fsp3) is 0.636. The number of ether oxygens (including phenoxy) is 1. The summed E-state index contributed by atoms with van der Waals surface area (Å²) in [6, 6.07) is 0.